The zero-order chi connectivity index (χ0) is 46.9. The Balaban J connectivity index is -0.000000108. The Morgan fingerprint density at radius 2 is 0.617 bits per heavy atom. The van der Waals surface area contributed by atoms with Gasteiger partial charge >= 0.3 is 5.97 Å². The molecular formula is C48H80O12. The third kappa shape index (κ3) is 105. The summed E-state index contributed by atoms with van der Waals surface area (Å²) in [6, 6.07) is 32.3. The predicted octanol–water partition coefficient (Wildman–Crippen LogP) is 12.5. The lowest BCUT2D eigenvalue weighted by Gasteiger charge is -1.98. The number of rotatable bonds is 19. The molecule has 3 aromatic rings. The Morgan fingerprint density at radius 1 is 0.400 bits per heavy atom. The molecule has 0 bridgehead atoms. The van der Waals surface area contributed by atoms with Crippen LogP contribution < -0.4 is 0 Å². The van der Waals surface area contributed by atoms with Crippen LogP contribution in [0.15, 0.2) is 103 Å². The fraction of sp³-hybridized carbons (Fsp3) is 0.500. The Kier molecular flexibility index (Phi) is 94.0. The molecule has 60 heavy (non-hydrogen) atoms. The molecule has 3 aromatic carbocycles. The van der Waals surface area contributed by atoms with Crippen molar-refractivity contribution in [1.29, 1.82) is 0 Å². The molecule has 0 aliphatic rings. The maximum absolute atomic E-state index is 10.2. The van der Waals surface area contributed by atoms with Crippen LogP contribution in [0, 0.1) is 0 Å². The number of ether oxygens (including phenoxy) is 2. The molecule has 4 N–H and O–H groups in total. The molecule has 0 aliphatic carbocycles. The molecule has 0 unspecified atom stereocenters. The van der Waals surface area contributed by atoms with Crippen LogP contribution in [0.5, 0.6) is 0 Å². The molecule has 344 valence electrons. The lowest BCUT2D eigenvalue weighted by molar-refractivity contribution is -0.129. The van der Waals surface area contributed by atoms with E-state index >= 15 is 0 Å². The smallest absolute Gasteiger partial charge is 0.335 e. The van der Waals surface area contributed by atoms with E-state index in [0.717, 1.165) is 12.8 Å². The Labute approximate surface area is 362 Å². The molecule has 3 rings (SSSR count). The average Bonchev–Trinajstić information content (AvgIpc) is 3.29. The van der Waals surface area contributed by atoms with Gasteiger partial charge in [-0.05, 0) is 25.0 Å². The van der Waals surface area contributed by atoms with Crippen molar-refractivity contribution in [3.8, 4) is 0 Å². The second kappa shape index (κ2) is 81.6. The van der Waals surface area contributed by atoms with Crippen molar-refractivity contribution < 1.29 is 58.7 Å². The zero-order valence-corrected chi connectivity index (χ0v) is 37.5. The first-order valence-electron chi connectivity index (χ1n) is 20.8. The van der Waals surface area contributed by atoms with Crippen LogP contribution >= 0.6 is 0 Å². The van der Waals surface area contributed by atoms with Crippen molar-refractivity contribution in [2.45, 2.75) is 144 Å². The number of hydrogen-bond donors (Lipinski definition) is 4. The molecule has 0 heterocycles. The van der Waals surface area contributed by atoms with E-state index in [1.54, 1.807) is 30.3 Å². The maximum Gasteiger partial charge on any atom is 0.335 e. The van der Waals surface area contributed by atoms with Crippen molar-refractivity contribution in [1.82, 2.24) is 0 Å². The first kappa shape index (κ1) is 69.1. The van der Waals surface area contributed by atoms with E-state index in [9.17, 15) is 14.4 Å². The summed E-state index contributed by atoms with van der Waals surface area (Å²) in [5.41, 5.74) is 0.331. The highest BCUT2D eigenvalue weighted by Crippen LogP contribution is 2.05. The first-order valence-corrected chi connectivity index (χ1v) is 20.8. The summed E-state index contributed by atoms with van der Waals surface area (Å²) in [6.07, 6.45) is 20.1. The molecule has 0 radical (unpaired) electrons. The van der Waals surface area contributed by atoms with Gasteiger partial charge in [0.1, 0.15) is 0 Å². The van der Waals surface area contributed by atoms with Gasteiger partial charge in [-0.3, -0.25) is 24.0 Å². The number of carboxylic acid groups (broad SMARTS) is 4. The minimum absolute atomic E-state index is 0.250. The number of unbranched alkanes of at least 4 members (excludes halogenated alkanes) is 12. The molecule has 12 heteroatoms. The fourth-order valence-electron chi connectivity index (χ4n) is 3.38. The van der Waals surface area contributed by atoms with Gasteiger partial charge in [0.05, 0.1) is 18.8 Å². The highest BCUT2D eigenvalue weighted by Gasteiger charge is 1.96. The minimum Gasteiger partial charge on any atom is -0.483 e. The van der Waals surface area contributed by atoms with Gasteiger partial charge in [-0.25, -0.2) is 4.79 Å². The van der Waals surface area contributed by atoms with Gasteiger partial charge < -0.3 is 29.9 Å². The van der Waals surface area contributed by atoms with Gasteiger partial charge in [-0.2, -0.15) is 0 Å². The quantitative estimate of drug-likeness (QED) is 0.0657. The van der Waals surface area contributed by atoms with Crippen molar-refractivity contribution in [2.75, 3.05) is 13.2 Å². The molecule has 0 saturated heterocycles. The number of aromatic carboxylic acids is 1. The summed E-state index contributed by atoms with van der Waals surface area (Å²) in [6.45, 7) is 14.6. The normalized spacial score (nSPS) is 8.03. The van der Waals surface area contributed by atoms with Gasteiger partial charge in [-0.1, -0.05) is 222 Å². The third-order valence-electron chi connectivity index (χ3n) is 6.72. The summed E-state index contributed by atoms with van der Waals surface area (Å²) < 4.78 is 9.12. The highest BCUT2D eigenvalue weighted by atomic mass is 16.5. The SMILES string of the molecule is CCCC.CCCC.CCCCCCCCOC=O.CCCCCCCCOC=O.O=C(O)c1ccccc1.O=CO.O=CO.O=CO.c1ccccc1.c1ccccc1. The van der Waals surface area contributed by atoms with Gasteiger partial charge in [0, 0.05) is 0 Å². The predicted molar refractivity (Wildman–Crippen MR) is 244 cm³/mol. The second-order valence-electron chi connectivity index (χ2n) is 11.8. The van der Waals surface area contributed by atoms with Crippen molar-refractivity contribution in [3.05, 3.63) is 109 Å². The van der Waals surface area contributed by atoms with Gasteiger partial charge in [0.15, 0.2) is 0 Å². The van der Waals surface area contributed by atoms with Gasteiger partial charge in [-0.15, -0.1) is 0 Å². The van der Waals surface area contributed by atoms with Crippen LogP contribution in [0.3, 0.4) is 0 Å². The summed E-state index contributed by atoms with van der Waals surface area (Å²) in [5.74, 6) is -0.879. The Morgan fingerprint density at radius 3 is 0.800 bits per heavy atom. The summed E-state index contributed by atoms with van der Waals surface area (Å²) in [5, 5.41) is 29.1. The Bertz CT molecular complexity index is 1010. The van der Waals surface area contributed by atoms with Gasteiger partial charge in [0.25, 0.3) is 32.4 Å². The molecule has 0 spiro atoms. The largest absolute Gasteiger partial charge is 0.483 e. The molecule has 0 fully saturated rings. The molecule has 0 atom stereocenters. The van der Waals surface area contributed by atoms with Crippen LogP contribution in [0.2, 0.25) is 0 Å². The fourth-order valence-corrected chi connectivity index (χ4v) is 3.38. The number of carbonyl (C=O) groups excluding carboxylic acids is 2. The maximum atomic E-state index is 10.2. The van der Waals surface area contributed by atoms with Crippen molar-refractivity contribution in [3.63, 3.8) is 0 Å². The van der Waals surface area contributed by atoms with Crippen LogP contribution in [-0.2, 0) is 33.4 Å². The van der Waals surface area contributed by atoms with E-state index in [1.165, 1.54) is 89.9 Å². The number of carbonyl (C=O) groups is 6. The van der Waals surface area contributed by atoms with Crippen LogP contribution in [0.4, 0.5) is 0 Å². The molecule has 0 aromatic heterocycles. The average molecular weight is 849 g/mol. The number of hydrogen-bond acceptors (Lipinski definition) is 8. The molecule has 0 saturated carbocycles. The molecule has 0 amide bonds. The molecule has 0 aliphatic heterocycles. The van der Waals surface area contributed by atoms with Gasteiger partial charge in [0.2, 0.25) is 0 Å². The van der Waals surface area contributed by atoms with Crippen LogP contribution in [-0.4, -0.2) is 72.0 Å². The summed E-state index contributed by atoms with van der Waals surface area (Å²) >= 11 is 0. The second-order valence-corrected chi connectivity index (χ2v) is 11.8. The van der Waals surface area contributed by atoms with Crippen molar-refractivity contribution in [2.24, 2.45) is 0 Å². The van der Waals surface area contributed by atoms with E-state index in [2.05, 4.69) is 51.0 Å². The van der Waals surface area contributed by atoms with Crippen molar-refractivity contribution >= 4 is 38.3 Å². The summed E-state index contributed by atoms with van der Waals surface area (Å²) in [7, 11) is 0. The monoisotopic (exact) mass is 849 g/mol. The topological polar surface area (TPSA) is 202 Å². The lowest BCUT2D eigenvalue weighted by Crippen LogP contribution is -1.93. The zero-order valence-electron chi connectivity index (χ0n) is 37.5. The van der Waals surface area contributed by atoms with Crippen LogP contribution in [0.1, 0.15) is 155 Å². The van der Waals surface area contributed by atoms with E-state index in [-0.39, 0.29) is 19.4 Å². The number of benzene rings is 3. The Hall–Kier alpha value is -5.52. The first-order chi connectivity index (χ1) is 29.2. The summed E-state index contributed by atoms with van der Waals surface area (Å²) in [4.78, 5) is 54.7. The third-order valence-corrected chi connectivity index (χ3v) is 6.72. The standard InChI is InChI=1S/2C9H18O2.C7H6O2.2C6H6.2C4H10.3CH2O2/c2*1-2-3-4-5-6-7-8-11-9-10;8-7(9)6-4-2-1-3-5-6;2*1-2-4-6-5-3-1;2*1-3-4-2;3*2-1-3/h2*9H,2-8H2,1H3;1-5H,(H,8,9);2*1-6H;2*3-4H2,1-2H3;3*1H,(H,2,3). The lowest BCUT2D eigenvalue weighted by atomic mass is 10.1. The minimum atomic E-state index is -0.879. The van der Waals surface area contributed by atoms with E-state index in [0.29, 0.717) is 31.7 Å². The molecule has 12 nitrogen and oxygen atoms in total. The van der Waals surface area contributed by atoms with Crippen LogP contribution in [0.25, 0.3) is 0 Å². The highest BCUT2D eigenvalue weighted by molar-refractivity contribution is 5.87. The molecular weight excluding hydrogens is 769 g/mol. The number of carboxylic acids is 1. The van der Waals surface area contributed by atoms with E-state index in [4.69, 9.17) is 34.8 Å². The van der Waals surface area contributed by atoms with E-state index in [1.807, 2.05) is 72.8 Å². The van der Waals surface area contributed by atoms with E-state index < -0.39 is 5.97 Å².